The first-order valence-corrected chi connectivity index (χ1v) is 4.46. The lowest BCUT2D eigenvalue weighted by Gasteiger charge is -2.14. The molecule has 0 aliphatic rings. The van der Waals surface area contributed by atoms with Crippen molar-refractivity contribution in [2.75, 3.05) is 26.1 Å². The van der Waals surface area contributed by atoms with E-state index >= 15 is 0 Å². The van der Waals surface area contributed by atoms with Crippen LogP contribution in [0.3, 0.4) is 0 Å². The van der Waals surface area contributed by atoms with Gasteiger partial charge in [0.05, 0.1) is 12.2 Å². The topological polar surface area (TPSA) is 56.3 Å². The number of rotatable bonds is 6. The number of ether oxygens (including phenoxy) is 2. The van der Waals surface area contributed by atoms with Gasteiger partial charge in [0, 0.05) is 20.3 Å². The van der Waals surface area contributed by atoms with Gasteiger partial charge in [0.15, 0.2) is 6.29 Å². The summed E-state index contributed by atoms with van der Waals surface area (Å²) in [6, 6.07) is 1.54. The van der Waals surface area contributed by atoms with Crippen molar-refractivity contribution in [3.8, 4) is 0 Å². The molecule has 6 heteroatoms. The highest BCUT2D eigenvalue weighted by atomic mass is 19.1. The van der Waals surface area contributed by atoms with Crippen LogP contribution >= 0.6 is 0 Å². The van der Waals surface area contributed by atoms with E-state index in [0.717, 1.165) is 0 Å². The minimum atomic E-state index is -0.602. The third-order valence-corrected chi connectivity index (χ3v) is 1.84. The Morgan fingerprint density at radius 3 is 2.73 bits per heavy atom. The van der Waals surface area contributed by atoms with E-state index in [4.69, 9.17) is 9.47 Å². The van der Waals surface area contributed by atoms with E-state index in [9.17, 15) is 4.39 Å². The van der Waals surface area contributed by atoms with Gasteiger partial charge in [0.1, 0.15) is 18.8 Å². The zero-order valence-electron chi connectivity index (χ0n) is 8.74. The van der Waals surface area contributed by atoms with Crippen LogP contribution < -0.4 is 5.32 Å². The van der Waals surface area contributed by atoms with Crippen LogP contribution in [0.4, 0.5) is 10.2 Å². The minimum Gasteiger partial charge on any atom is -0.365 e. The number of methoxy groups -OCH3 is 2. The fraction of sp³-hybridized carbons (Fsp3) is 0.556. The summed E-state index contributed by atoms with van der Waals surface area (Å²) >= 11 is 0. The minimum absolute atomic E-state index is 0.346. The SMILES string of the molecule is COC(CNc1cc(CF)ncn1)OC. The highest BCUT2D eigenvalue weighted by Crippen LogP contribution is 2.05. The number of alkyl halides is 1. The smallest absolute Gasteiger partial charge is 0.173 e. The molecule has 0 amide bonds. The van der Waals surface area contributed by atoms with E-state index in [1.54, 1.807) is 20.3 Å². The monoisotopic (exact) mass is 215 g/mol. The average Bonchev–Trinajstić information content (AvgIpc) is 2.31. The van der Waals surface area contributed by atoms with Gasteiger partial charge in [-0.1, -0.05) is 0 Å². The highest BCUT2D eigenvalue weighted by molar-refractivity contribution is 5.34. The van der Waals surface area contributed by atoms with Crippen molar-refractivity contribution in [2.45, 2.75) is 13.0 Å². The number of anilines is 1. The molecule has 84 valence electrons. The number of nitrogens with zero attached hydrogens (tertiary/aromatic N) is 2. The fourth-order valence-electron chi connectivity index (χ4n) is 1.02. The Balaban J connectivity index is 2.49. The Labute approximate surface area is 87.6 Å². The van der Waals surface area contributed by atoms with E-state index in [1.165, 1.54) is 6.33 Å². The van der Waals surface area contributed by atoms with Gasteiger partial charge in [-0.2, -0.15) is 0 Å². The molecule has 1 aromatic heterocycles. The summed E-state index contributed by atoms with van der Waals surface area (Å²) in [6.45, 7) is -0.162. The van der Waals surface area contributed by atoms with Crippen molar-refractivity contribution in [3.63, 3.8) is 0 Å². The van der Waals surface area contributed by atoms with Gasteiger partial charge in [0.2, 0.25) is 0 Å². The van der Waals surface area contributed by atoms with Crippen molar-refractivity contribution in [1.29, 1.82) is 0 Å². The van der Waals surface area contributed by atoms with Gasteiger partial charge in [-0.3, -0.25) is 0 Å². The third-order valence-electron chi connectivity index (χ3n) is 1.84. The predicted molar refractivity (Wildman–Crippen MR) is 53.1 cm³/mol. The quantitative estimate of drug-likeness (QED) is 0.717. The number of hydrogen-bond donors (Lipinski definition) is 1. The number of nitrogens with one attached hydrogen (secondary N) is 1. The maximum atomic E-state index is 12.3. The lowest BCUT2D eigenvalue weighted by molar-refractivity contribution is -0.0914. The molecule has 0 aromatic carbocycles. The molecule has 0 fully saturated rings. The third kappa shape index (κ3) is 3.77. The molecule has 1 aromatic rings. The zero-order valence-corrected chi connectivity index (χ0v) is 8.74. The first-order valence-electron chi connectivity index (χ1n) is 4.46. The van der Waals surface area contributed by atoms with E-state index in [2.05, 4.69) is 15.3 Å². The van der Waals surface area contributed by atoms with E-state index in [1.807, 2.05) is 0 Å². The normalized spacial score (nSPS) is 10.7. The summed E-state index contributed by atoms with van der Waals surface area (Å²) in [5, 5.41) is 2.95. The Morgan fingerprint density at radius 1 is 1.40 bits per heavy atom. The van der Waals surface area contributed by atoms with Crippen LogP contribution in [0.1, 0.15) is 5.69 Å². The van der Waals surface area contributed by atoms with Crippen LogP contribution in [0.5, 0.6) is 0 Å². The fourth-order valence-corrected chi connectivity index (χ4v) is 1.02. The molecular weight excluding hydrogens is 201 g/mol. The highest BCUT2D eigenvalue weighted by Gasteiger charge is 2.05. The predicted octanol–water partition coefficient (Wildman–Crippen LogP) is 0.977. The first kappa shape index (κ1) is 11.8. The first-order chi connectivity index (χ1) is 7.30. The van der Waals surface area contributed by atoms with Gasteiger partial charge in [-0.15, -0.1) is 0 Å². The molecule has 1 N–H and O–H groups in total. The summed E-state index contributed by atoms with van der Waals surface area (Å²) in [5.41, 5.74) is 0.346. The lowest BCUT2D eigenvalue weighted by atomic mass is 10.4. The number of hydrogen-bond acceptors (Lipinski definition) is 5. The Bertz CT molecular complexity index is 294. The maximum absolute atomic E-state index is 12.3. The summed E-state index contributed by atoms with van der Waals surface area (Å²) < 4.78 is 22.2. The second-order valence-corrected chi connectivity index (χ2v) is 2.81. The van der Waals surface area contributed by atoms with Crippen LogP contribution in [-0.2, 0) is 16.1 Å². The molecule has 0 aliphatic heterocycles. The Hall–Kier alpha value is -1.27. The molecule has 5 nitrogen and oxygen atoms in total. The summed E-state index contributed by atoms with van der Waals surface area (Å²) in [6.07, 6.45) is 0.958. The van der Waals surface area contributed by atoms with Crippen molar-refractivity contribution < 1.29 is 13.9 Å². The van der Waals surface area contributed by atoms with Crippen LogP contribution in [0.2, 0.25) is 0 Å². The van der Waals surface area contributed by atoms with Crippen LogP contribution in [0, 0.1) is 0 Å². The molecule has 0 aliphatic carbocycles. The van der Waals surface area contributed by atoms with E-state index in [0.29, 0.717) is 18.1 Å². The van der Waals surface area contributed by atoms with Crippen molar-refractivity contribution in [3.05, 3.63) is 18.1 Å². The molecule has 1 rings (SSSR count). The van der Waals surface area contributed by atoms with E-state index in [-0.39, 0.29) is 6.29 Å². The molecule has 0 saturated heterocycles. The molecule has 1 heterocycles. The largest absolute Gasteiger partial charge is 0.365 e. The maximum Gasteiger partial charge on any atom is 0.173 e. The van der Waals surface area contributed by atoms with Crippen molar-refractivity contribution >= 4 is 5.82 Å². The summed E-state index contributed by atoms with van der Waals surface area (Å²) in [4.78, 5) is 7.66. The molecule has 0 bridgehead atoms. The Morgan fingerprint density at radius 2 is 2.13 bits per heavy atom. The molecule has 0 spiro atoms. The second kappa shape index (κ2) is 6.26. The van der Waals surface area contributed by atoms with E-state index < -0.39 is 6.67 Å². The number of aromatic nitrogens is 2. The van der Waals surface area contributed by atoms with Gasteiger partial charge in [-0.05, 0) is 0 Å². The van der Waals surface area contributed by atoms with Crippen LogP contribution in [-0.4, -0.2) is 37.0 Å². The average molecular weight is 215 g/mol. The van der Waals surface area contributed by atoms with Gasteiger partial charge < -0.3 is 14.8 Å². The molecular formula is C9H14FN3O2. The molecule has 0 atom stereocenters. The Kier molecular flexibility index (Phi) is 4.92. The summed E-state index contributed by atoms with van der Waals surface area (Å²) in [7, 11) is 3.09. The van der Waals surface area contributed by atoms with Crippen molar-refractivity contribution in [2.24, 2.45) is 0 Å². The van der Waals surface area contributed by atoms with Gasteiger partial charge >= 0.3 is 0 Å². The molecule has 0 saturated carbocycles. The summed E-state index contributed by atoms with van der Waals surface area (Å²) in [5.74, 6) is 0.553. The lowest BCUT2D eigenvalue weighted by Crippen LogP contribution is -2.24. The van der Waals surface area contributed by atoms with Crippen molar-refractivity contribution in [1.82, 2.24) is 9.97 Å². The zero-order chi connectivity index (χ0) is 11.1. The van der Waals surface area contributed by atoms with Crippen LogP contribution in [0.15, 0.2) is 12.4 Å². The van der Waals surface area contributed by atoms with Gasteiger partial charge in [-0.25, -0.2) is 14.4 Å². The number of halogens is 1. The standard InChI is InChI=1S/C9H14FN3O2/c1-14-9(15-2)5-11-8-3-7(4-10)12-6-13-8/h3,6,9H,4-5H2,1-2H3,(H,11,12,13). The molecule has 0 unspecified atom stereocenters. The molecule has 0 radical (unpaired) electrons. The van der Waals surface area contributed by atoms with Gasteiger partial charge in [0.25, 0.3) is 0 Å². The molecule has 15 heavy (non-hydrogen) atoms. The van der Waals surface area contributed by atoms with Crippen LogP contribution in [0.25, 0.3) is 0 Å². The second-order valence-electron chi connectivity index (χ2n) is 2.81.